The van der Waals surface area contributed by atoms with Gasteiger partial charge in [-0.05, 0) is 24.3 Å². The molecule has 108 valence electrons. The minimum atomic E-state index is 0.00141. The Morgan fingerprint density at radius 3 is 2.33 bits per heavy atom. The molecule has 6 nitrogen and oxygen atoms in total. The zero-order valence-corrected chi connectivity index (χ0v) is 11.7. The van der Waals surface area contributed by atoms with Crippen molar-refractivity contribution >= 4 is 17.3 Å². The molecule has 0 radical (unpaired) electrons. The number of hydrogen-bond donors (Lipinski definition) is 2. The lowest BCUT2D eigenvalue weighted by atomic mass is 10.2. The van der Waals surface area contributed by atoms with Gasteiger partial charge in [0.05, 0.1) is 11.9 Å². The Labute approximate surface area is 123 Å². The SMILES string of the molecule is N=C(N)c1ccc(N2CCN(c3ccccn3)CC2)cn1. The van der Waals surface area contributed by atoms with Crippen LogP contribution in [0.2, 0.25) is 0 Å². The van der Waals surface area contributed by atoms with Crippen LogP contribution in [-0.4, -0.2) is 42.0 Å². The van der Waals surface area contributed by atoms with E-state index in [1.165, 1.54) is 0 Å². The van der Waals surface area contributed by atoms with E-state index in [9.17, 15) is 0 Å². The highest BCUT2D eigenvalue weighted by molar-refractivity contribution is 5.93. The highest BCUT2D eigenvalue weighted by Crippen LogP contribution is 2.18. The van der Waals surface area contributed by atoms with Crippen LogP contribution < -0.4 is 15.5 Å². The van der Waals surface area contributed by atoms with Crippen molar-refractivity contribution in [2.75, 3.05) is 36.0 Å². The molecule has 1 aliphatic heterocycles. The van der Waals surface area contributed by atoms with Gasteiger partial charge in [0.25, 0.3) is 0 Å². The predicted molar refractivity (Wildman–Crippen MR) is 83.9 cm³/mol. The van der Waals surface area contributed by atoms with Gasteiger partial charge in [-0.2, -0.15) is 0 Å². The molecule has 0 spiro atoms. The summed E-state index contributed by atoms with van der Waals surface area (Å²) < 4.78 is 0. The van der Waals surface area contributed by atoms with E-state index in [0.717, 1.165) is 37.7 Å². The van der Waals surface area contributed by atoms with Crippen molar-refractivity contribution in [2.24, 2.45) is 5.73 Å². The van der Waals surface area contributed by atoms with Gasteiger partial charge in [0, 0.05) is 32.4 Å². The van der Waals surface area contributed by atoms with Gasteiger partial charge in [-0.1, -0.05) is 6.07 Å². The Hall–Kier alpha value is -2.63. The fourth-order valence-electron chi connectivity index (χ4n) is 2.47. The smallest absolute Gasteiger partial charge is 0.141 e. The van der Waals surface area contributed by atoms with E-state index in [1.54, 1.807) is 12.3 Å². The molecule has 2 aromatic heterocycles. The van der Waals surface area contributed by atoms with Crippen LogP contribution in [0.25, 0.3) is 0 Å². The van der Waals surface area contributed by atoms with Gasteiger partial charge in [0.15, 0.2) is 0 Å². The second-order valence-electron chi connectivity index (χ2n) is 4.98. The van der Waals surface area contributed by atoms with Crippen LogP contribution in [-0.2, 0) is 0 Å². The molecule has 3 heterocycles. The number of nitrogens with one attached hydrogen (secondary N) is 1. The predicted octanol–water partition coefficient (Wildman–Crippen LogP) is 1.09. The molecule has 2 aromatic rings. The van der Waals surface area contributed by atoms with Crippen molar-refractivity contribution in [3.8, 4) is 0 Å². The lowest BCUT2D eigenvalue weighted by molar-refractivity contribution is 0.646. The van der Waals surface area contributed by atoms with E-state index < -0.39 is 0 Å². The molecule has 0 aliphatic carbocycles. The maximum Gasteiger partial charge on any atom is 0.141 e. The average Bonchev–Trinajstić information content (AvgIpc) is 2.56. The fourth-order valence-corrected chi connectivity index (χ4v) is 2.47. The first kappa shape index (κ1) is 13.4. The Balaban J connectivity index is 1.64. The normalized spacial score (nSPS) is 15.0. The average molecular weight is 282 g/mol. The number of amidine groups is 1. The van der Waals surface area contributed by atoms with E-state index in [4.69, 9.17) is 11.1 Å². The van der Waals surface area contributed by atoms with Gasteiger partial charge in [0.2, 0.25) is 0 Å². The Kier molecular flexibility index (Phi) is 3.68. The van der Waals surface area contributed by atoms with Gasteiger partial charge in [-0.15, -0.1) is 0 Å². The van der Waals surface area contributed by atoms with E-state index in [1.807, 2.05) is 30.5 Å². The summed E-state index contributed by atoms with van der Waals surface area (Å²) in [5.41, 5.74) is 7.01. The highest BCUT2D eigenvalue weighted by atomic mass is 15.3. The molecule has 3 rings (SSSR count). The minimum Gasteiger partial charge on any atom is -0.382 e. The first-order valence-electron chi connectivity index (χ1n) is 6.95. The van der Waals surface area contributed by atoms with E-state index in [2.05, 4.69) is 19.8 Å². The van der Waals surface area contributed by atoms with Gasteiger partial charge in [-0.25, -0.2) is 4.98 Å². The monoisotopic (exact) mass is 282 g/mol. The van der Waals surface area contributed by atoms with E-state index in [-0.39, 0.29) is 5.84 Å². The number of nitrogens with zero attached hydrogens (tertiary/aromatic N) is 4. The molecule has 1 aliphatic rings. The zero-order chi connectivity index (χ0) is 14.7. The summed E-state index contributed by atoms with van der Waals surface area (Å²) in [5.74, 6) is 1.03. The van der Waals surface area contributed by atoms with Crippen molar-refractivity contribution in [1.29, 1.82) is 5.41 Å². The first-order chi connectivity index (χ1) is 10.2. The van der Waals surface area contributed by atoms with E-state index >= 15 is 0 Å². The second kappa shape index (κ2) is 5.78. The zero-order valence-electron chi connectivity index (χ0n) is 11.7. The van der Waals surface area contributed by atoms with Crippen LogP contribution in [0, 0.1) is 5.41 Å². The Morgan fingerprint density at radius 2 is 1.76 bits per heavy atom. The molecular weight excluding hydrogens is 264 g/mol. The third kappa shape index (κ3) is 2.94. The summed E-state index contributed by atoms with van der Waals surface area (Å²) >= 11 is 0. The number of anilines is 2. The molecule has 0 saturated carbocycles. The lowest BCUT2D eigenvalue weighted by Gasteiger charge is -2.36. The molecule has 0 bridgehead atoms. The number of nitrogens with two attached hydrogens (primary N) is 1. The van der Waals surface area contributed by atoms with Gasteiger partial charge >= 0.3 is 0 Å². The molecule has 0 aromatic carbocycles. The van der Waals surface area contributed by atoms with Crippen LogP contribution in [0.15, 0.2) is 42.7 Å². The number of nitrogen functional groups attached to an aromatic ring is 1. The summed E-state index contributed by atoms with van der Waals surface area (Å²) in [5, 5.41) is 7.36. The number of hydrogen-bond acceptors (Lipinski definition) is 5. The van der Waals surface area contributed by atoms with Gasteiger partial charge in [0.1, 0.15) is 17.3 Å². The molecule has 0 unspecified atom stereocenters. The van der Waals surface area contributed by atoms with Crippen molar-refractivity contribution in [3.63, 3.8) is 0 Å². The molecular formula is C15H18N6. The van der Waals surface area contributed by atoms with Crippen LogP contribution in [0.4, 0.5) is 11.5 Å². The summed E-state index contributed by atoms with van der Waals surface area (Å²) in [6.45, 7) is 3.73. The van der Waals surface area contributed by atoms with Crippen molar-refractivity contribution < 1.29 is 0 Å². The summed E-state index contributed by atoms with van der Waals surface area (Å²) in [4.78, 5) is 13.2. The lowest BCUT2D eigenvalue weighted by Crippen LogP contribution is -2.46. The quantitative estimate of drug-likeness (QED) is 0.650. The maximum absolute atomic E-state index is 7.36. The molecule has 1 fully saturated rings. The molecule has 0 amide bonds. The van der Waals surface area contributed by atoms with Gasteiger partial charge < -0.3 is 15.5 Å². The number of piperazine rings is 1. The summed E-state index contributed by atoms with van der Waals surface area (Å²) in [6.07, 6.45) is 3.61. The highest BCUT2D eigenvalue weighted by Gasteiger charge is 2.18. The van der Waals surface area contributed by atoms with Crippen molar-refractivity contribution in [2.45, 2.75) is 0 Å². The third-order valence-electron chi connectivity index (χ3n) is 3.64. The number of pyridine rings is 2. The van der Waals surface area contributed by atoms with Crippen molar-refractivity contribution in [1.82, 2.24) is 9.97 Å². The Morgan fingerprint density at radius 1 is 1.00 bits per heavy atom. The van der Waals surface area contributed by atoms with Crippen LogP contribution in [0.3, 0.4) is 0 Å². The molecule has 3 N–H and O–H groups in total. The van der Waals surface area contributed by atoms with Crippen LogP contribution in [0.5, 0.6) is 0 Å². The molecule has 1 saturated heterocycles. The first-order valence-corrected chi connectivity index (χ1v) is 6.95. The van der Waals surface area contributed by atoms with Crippen LogP contribution in [0.1, 0.15) is 5.69 Å². The van der Waals surface area contributed by atoms with Gasteiger partial charge in [-0.3, -0.25) is 10.4 Å². The summed E-state index contributed by atoms with van der Waals surface area (Å²) in [6, 6.07) is 9.75. The third-order valence-corrected chi connectivity index (χ3v) is 3.64. The Bertz CT molecular complexity index is 602. The topological polar surface area (TPSA) is 82.1 Å². The molecule has 0 atom stereocenters. The largest absolute Gasteiger partial charge is 0.382 e. The van der Waals surface area contributed by atoms with Crippen molar-refractivity contribution in [3.05, 3.63) is 48.4 Å². The summed E-state index contributed by atoms with van der Waals surface area (Å²) in [7, 11) is 0. The fraction of sp³-hybridized carbons (Fsp3) is 0.267. The second-order valence-corrected chi connectivity index (χ2v) is 4.98. The number of aromatic nitrogens is 2. The molecule has 6 heteroatoms. The maximum atomic E-state index is 7.36. The number of rotatable bonds is 3. The van der Waals surface area contributed by atoms with E-state index in [0.29, 0.717) is 5.69 Å². The standard InChI is InChI=1S/C15H18N6/c16-15(17)13-5-4-12(11-19-13)20-7-9-21(10-8-20)14-3-1-2-6-18-14/h1-6,11H,7-10H2,(H3,16,17). The van der Waals surface area contributed by atoms with Crippen LogP contribution >= 0.6 is 0 Å². The minimum absolute atomic E-state index is 0.00141. The molecule has 21 heavy (non-hydrogen) atoms.